The lowest BCUT2D eigenvalue weighted by Crippen LogP contribution is -2.02. The van der Waals surface area contributed by atoms with Gasteiger partial charge in [-0.3, -0.25) is 4.79 Å². The number of nitrogens with one attached hydrogen (secondary N) is 1. The predicted molar refractivity (Wildman–Crippen MR) is 63.4 cm³/mol. The molecule has 0 fully saturated rings. The summed E-state index contributed by atoms with van der Waals surface area (Å²) < 4.78 is 0.724. The van der Waals surface area contributed by atoms with Crippen LogP contribution in [0.4, 0.5) is 0 Å². The minimum atomic E-state index is -0.105. The average molecular weight is 285 g/mol. The van der Waals surface area contributed by atoms with Gasteiger partial charge < -0.3 is 4.98 Å². The van der Waals surface area contributed by atoms with Crippen LogP contribution in [-0.4, -0.2) is 10.8 Å². The molecule has 1 aromatic carbocycles. The van der Waals surface area contributed by atoms with Crippen LogP contribution in [0.3, 0.4) is 0 Å². The van der Waals surface area contributed by atoms with E-state index in [4.69, 9.17) is 11.6 Å². The largest absolute Gasteiger partial charge is 0.359 e. The third-order valence-corrected chi connectivity index (χ3v) is 3.34. The standard InChI is InChI=1S/C11H7BrClNO/c12-8-4-1-3-7(10(8)13)11(15)9-5-2-6-14-9/h1-6,14H. The Bertz CT molecular complexity index is 493. The molecule has 76 valence electrons. The fraction of sp³-hybridized carbons (Fsp3) is 0. The molecule has 0 saturated carbocycles. The minimum Gasteiger partial charge on any atom is -0.359 e. The van der Waals surface area contributed by atoms with E-state index in [2.05, 4.69) is 20.9 Å². The van der Waals surface area contributed by atoms with Crippen molar-refractivity contribution >= 4 is 33.3 Å². The van der Waals surface area contributed by atoms with Gasteiger partial charge in [0.1, 0.15) is 0 Å². The summed E-state index contributed by atoms with van der Waals surface area (Å²) >= 11 is 9.31. The number of aromatic amines is 1. The van der Waals surface area contributed by atoms with Crippen molar-refractivity contribution in [1.82, 2.24) is 4.98 Å². The number of benzene rings is 1. The van der Waals surface area contributed by atoms with E-state index in [0.717, 1.165) is 4.47 Å². The summed E-state index contributed by atoms with van der Waals surface area (Å²) in [7, 11) is 0. The maximum atomic E-state index is 11.9. The van der Waals surface area contributed by atoms with E-state index in [1.165, 1.54) is 0 Å². The van der Waals surface area contributed by atoms with E-state index < -0.39 is 0 Å². The second-order valence-electron chi connectivity index (χ2n) is 3.01. The zero-order chi connectivity index (χ0) is 10.8. The highest BCUT2D eigenvalue weighted by Gasteiger charge is 2.14. The Morgan fingerprint density at radius 3 is 2.73 bits per heavy atom. The number of carbonyl (C=O) groups is 1. The smallest absolute Gasteiger partial charge is 0.210 e. The van der Waals surface area contributed by atoms with Gasteiger partial charge in [-0.15, -0.1) is 0 Å². The van der Waals surface area contributed by atoms with Crippen LogP contribution < -0.4 is 0 Å². The first-order chi connectivity index (χ1) is 7.20. The monoisotopic (exact) mass is 283 g/mol. The quantitative estimate of drug-likeness (QED) is 0.839. The van der Waals surface area contributed by atoms with Gasteiger partial charge in [0.05, 0.1) is 10.7 Å². The molecule has 1 N–H and O–H groups in total. The van der Waals surface area contributed by atoms with Crippen LogP contribution in [0.5, 0.6) is 0 Å². The van der Waals surface area contributed by atoms with Gasteiger partial charge in [-0.05, 0) is 40.2 Å². The Morgan fingerprint density at radius 1 is 1.27 bits per heavy atom. The van der Waals surface area contributed by atoms with Crippen LogP contribution in [0.15, 0.2) is 41.0 Å². The van der Waals surface area contributed by atoms with Gasteiger partial charge in [0.25, 0.3) is 0 Å². The van der Waals surface area contributed by atoms with E-state index in [1.54, 1.807) is 36.5 Å². The van der Waals surface area contributed by atoms with Crippen LogP contribution in [0, 0.1) is 0 Å². The van der Waals surface area contributed by atoms with Crippen molar-refractivity contribution in [3.8, 4) is 0 Å². The highest BCUT2D eigenvalue weighted by molar-refractivity contribution is 9.10. The molecule has 2 nitrogen and oxygen atoms in total. The molecule has 1 heterocycles. The molecule has 2 aromatic rings. The molecule has 4 heteroatoms. The number of carbonyl (C=O) groups excluding carboxylic acids is 1. The Balaban J connectivity index is 2.47. The molecule has 1 aromatic heterocycles. The van der Waals surface area contributed by atoms with E-state index in [1.807, 2.05) is 0 Å². The molecule has 0 aliphatic rings. The second-order valence-corrected chi connectivity index (χ2v) is 4.25. The number of hydrogen-bond acceptors (Lipinski definition) is 1. The Morgan fingerprint density at radius 2 is 2.07 bits per heavy atom. The summed E-state index contributed by atoms with van der Waals surface area (Å²) in [5, 5.41) is 0.442. The lowest BCUT2D eigenvalue weighted by atomic mass is 10.1. The zero-order valence-electron chi connectivity index (χ0n) is 7.63. The van der Waals surface area contributed by atoms with Crippen LogP contribution >= 0.6 is 27.5 Å². The summed E-state index contributed by atoms with van der Waals surface area (Å²) in [6.45, 7) is 0. The van der Waals surface area contributed by atoms with Crippen LogP contribution in [0.25, 0.3) is 0 Å². The van der Waals surface area contributed by atoms with Crippen molar-refractivity contribution in [2.75, 3.05) is 0 Å². The fourth-order valence-corrected chi connectivity index (χ4v) is 1.87. The predicted octanol–water partition coefficient (Wildman–Crippen LogP) is 3.66. The molecular weight excluding hydrogens is 277 g/mol. The van der Waals surface area contributed by atoms with Crippen molar-refractivity contribution in [2.24, 2.45) is 0 Å². The molecule has 0 aliphatic carbocycles. The lowest BCUT2D eigenvalue weighted by molar-refractivity contribution is 0.103. The normalized spacial score (nSPS) is 10.3. The topological polar surface area (TPSA) is 32.9 Å². The molecule has 0 amide bonds. The van der Waals surface area contributed by atoms with E-state index in [0.29, 0.717) is 16.3 Å². The number of H-pyrrole nitrogens is 1. The number of halogens is 2. The van der Waals surface area contributed by atoms with Gasteiger partial charge in [-0.1, -0.05) is 17.7 Å². The molecule has 2 rings (SSSR count). The van der Waals surface area contributed by atoms with Gasteiger partial charge in [0, 0.05) is 16.2 Å². The first kappa shape index (κ1) is 10.5. The molecule has 0 aliphatic heterocycles. The van der Waals surface area contributed by atoms with Crippen molar-refractivity contribution in [3.63, 3.8) is 0 Å². The van der Waals surface area contributed by atoms with Gasteiger partial charge in [-0.25, -0.2) is 0 Å². The van der Waals surface area contributed by atoms with Crippen LogP contribution in [0.1, 0.15) is 16.1 Å². The maximum absolute atomic E-state index is 11.9. The zero-order valence-corrected chi connectivity index (χ0v) is 9.97. The molecular formula is C11H7BrClNO. The minimum absolute atomic E-state index is 0.105. The summed E-state index contributed by atoms with van der Waals surface area (Å²) in [5.74, 6) is -0.105. The maximum Gasteiger partial charge on any atom is 0.210 e. The summed E-state index contributed by atoms with van der Waals surface area (Å²) in [5.41, 5.74) is 1.03. The Hall–Kier alpha value is -1.06. The SMILES string of the molecule is O=C(c1ccc[nH]1)c1cccc(Br)c1Cl. The first-order valence-corrected chi connectivity index (χ1v) is 5.49. The van der Waals surface area contributed by atoms with Gasteiger partial charge >= 0.3 is 0 Å². The molecule has 0 atom stereocenters. The first-order valence-electron chi connectivity index (χ1n) is 4.32. The Labute approximate surface area is 100 Å². The van der Waals surface area contributed by atoms with Gasteiger partial charge in [-0.2, -0.15) is 0 Å². The van der Waals surface area contributed by atoms with Crippen molar-refractivity contribution in [1.29, 1.82) is 0 Å². The van der Waals surface area contributed by atoms with Crippen LogP contribution in [-0.2, 0) is 0 Å². The summed E-state index contributed by atoms with van der Waals surface area (Å²) in [6, 6.07) is 8.79. The number of hydrogen-bond donors (Lipinski definition) is 1. The van der Waals surface area contributed by atoms with E-state index in [-0.39, 0.29) is 5.78 Å². The Kier molecular flexibility index (Phi) is 2.93. The molecule has 0 bridgehead atoms. The average Bonchev–Trinajstić information content (AvgIpc) is 2.74. The number of ketones is 1. The molecule has 0 saturated heterocycles. The van der Waals surface area contributed by atoms with Gasteiger partial charge in [0.15, 0.2) is 0 Å². The van der Waals surface area contributed by atoms with E-state index >= 15 is 0 Å². The van der Waals surface area contributed by atoms with Crippen LogP contribution in [0.2, 0.25) is 5.02 Å². The van der Waals surface area contributed by atoms with Crippen molar-refractivity contribution in [3.05, 3.63) is 57.3 Å². The van der Waals surface area contributed by atoms with Gasteiger partial charge in [0.2, 0.25) is 5.78 Å². The lowest BCUT2D eigenvalue weighted by Gasteiger charge is -2.03. The second kappa shape index (κ2) is 4.21. The molecule has 15 heavy (non-hydrogen) atoms. The third kappa shape index (κ3) is 1.98. The summed E-state index contributed by atoms with van der Waals surface area (Å²) in [6.07, 6.45) is 1.71. The van der Waals surface area contributed by atoms with Crippen molar-refractivity contribution in [2.45, 2.75) is 0 Å². The van der Waals surface area contributed by atoms with E-state index in [9.17, 15) is 4.79 Å². The fourth-order valence-electron chi connectivity index (χ4n) is 1.30. The molecule has 0 unspecified atom stereocenters. The number of rotatable bonds is 2. The molecule has 0 spiro atoms. The highest BCUT2D eigenvalue weighted by Crippen LogP contribution is 2.27. The summed E-state index contributed by atoms with van der Waals surface area (Å²) in [4.78, 5) is 14.8. The molecule has 0 radical (unpaired) electrons. The van der Waals surface area contributed by atoms with Crippen molar-refractivity contribution < 1.29 is 4.79 Å². The third-order valence-electron chi connectivity index (χ3n) is 2.04. The number of aromatic nitrogens is 1. The highest BCUT2D eigenvalue weighted by atomic mass is 79.9.